The van der Waals surface area contributed by atoms with Gasteiger partial charge in [0.2, 0.25) is 5.82 Å². The summed E-state index contributed by atoms with van der Waals surface area (Å²) in [5.74, 6) is 0.0501. The molecule has 2 aromatic heterocycles. The van der Waals surface area contributed by atoms with E-state index in [9.17, 15) is 4.79 Å². The molecule has 0 fully saturated rings. The molecule has 0 aromatic carbocycles. The Morgan fingerprint density at radius 2 is 2.41 bits per heavy atom. The molecule has 0 atom stereocenters. The SMILES string of the molecule is O=C(NCCCO)c1nc2ncc(Br)cn2n1. The van der Waals surface area contributed by atoms with E-state index in [-0.39, 0.29) is 18.3 Å². The smallest absolute Gasteiger partial charge is 0.291 e. The van der Waals surface area contributed by atoms with Gasteiger partial charge >= 0.3 is 0 Å². The number of nitrogens with zero attached hydrogens (tertiary/aromatic N) is 4. The molecule has 0 aliphatic rings. The maximum atomic E-state index is 11.6. The second kappa shape index (κ2) is 5.19. The summed E-state index contributed by atoms with van der Waals surface area (Å²) >= 11 is 3.25. The predicted molar refractivity (Wildman–Crippen MR) is 62.5 cm³/mol. The van der Waals surface area contributed by atoms with E-state index in [1.807, 2.05) is 0 Å². The number of nitrogens with one attached hydrogen (secondary N) is 1. The average molecular weight is 300 g/mol. The van der Waals surface area contributed by atoms with Crippen LogP contribution in [0.5, 0.6) is 0 Å². The zero-order valence-electron chi connectivity index (χ0n) is 8.80. The van der Waals surface area contributed by atoms with E-state index in [0.717, 1.165) is 4.47 Å². The largest absolute Gasteiger partial charge is 0.396 e. The molecule has 90 valence electrons. The lowest BCUT2D eigenvalue weighted by Gasteiger charge is -1.98. The molecule has 0 aliphatic carbocycles. The molecule has 0 bridgehead atoms. The Kier molecular flexibility index (Phi) is 3.64. The van der Waals surface area contributed by atoms with Gasteiger partial charge in [0.25, 0.3) is 11.7 Å². The van der Waals surface area contributed by atoms with E-state index < -0.39 is 0 Å². The molecule has 0 radical (unpaired) electrons. The van der Waals surface area contributed by atoms with Crippen LogP contribution in [-0.4, -0.2) is 43.7 Å². The highest BCUT2D eigenvalue weighted by atomic mass is 79.9. The highest BCUT2D eigenvalue weighted by Crippen LogP contribution is 2.07. The number of halogens is 1. The number of aliphatic hydroxyl groups is 1. The second-order valence-corrected chi connectivity index (χ2v) is 4.20. The minimum absolute atomic E-state index is 0.0351. The Hall–Kier alpha value is -1.54. The van der Waals surface area contributed by atoms with Crippen LogP contribution in [0.1, 0.15) is 17.0 Å². The number of hydrogen-bond acceptors (Lipinski definition) is 5. The Bertz CT molecular complexity index is 541. The molecule has 2 heterocycles. The molecule has 2 N–H and O–H groups in total. The van der Waals surface area contributed by atoms with Crippen molar-refractivity contribution < 1.29 is 9.90 Å². The van der Waals surface area contributed by atoms with Crippen LogP contribution in [0.25, 0.3) is 5.78 Å². The maximum absolute atomic E-state index is 11.6. The van der Waals surface area contributed by atoms with E-state index in [2.05, 4.69) is 36.3 Å². The highest BCUT2D eigenvalue weighted by Gasteiger charge is 2.12. The van der Waals surface area contributed by atoms with Crippen LogP contribution in [0.3, 0.4) is 0 Å². The van der Waals surface area contributed by atoms with Crippen molar-refractivity contribution in [2.75, 3.05) is 13.2 Å². The van der Waals surface area contributed by atoms with Crippen molar-refractivity contribution in [1.29, 1.82) is 0 Å². The number of carbonyl (C=O) groups excluding carboxylic acids is 1. The summed E-state index contributed by atoms with van der Waals surface area (Å²) in [5, 5.41) is 15.2. The first-order valence-electron chi connectivity index (χ1n) is 4.97. The van der Waals surface area contributed by atoms with E-state index in [4.69, 9.17) is 5.11 Å². The minimum atomic E-state index is -0.375. The third kappa shape index (κ3) is 2.77. The summed E-state index contributed by atoms with van der Waals surface area (Å²) in [5.41, 5.74) is 0. The average Bonchev–Trinajstić information content (AvgIpc) is 2.72. The maximum Gasteiger partial charge on any atom is 0.291 e. The molecule has 2 rings (SSSR count). The number of carbonyl (C=O) groups is 1. The lowest BCUT2D eigenvalue weighted by molar-refractivity contribution is 0.0941. The van der Waals surface area contributed by atoms with E-state index in [1.54, 1.807) is 12.4 Å². The zero-order chi connectivity index (χ0) is 12.3. The van der Waals surface area contributed by atoms with Crippen molar-refractivity contribution in [3.05, 3.63) is 22.7 Å². The summed E-state index contributed by atoms with van der Waals surface area (Å²) in [4.78, 5) is 19.6. The molecule has 0 unspecified atom stereocenters. The van der Waals surface area contributed by atoms with Gasteiger partial charge in [0.1, 0.15) is 0 Å². The quantitative estimate of drug-likeness (QED) is 0.775. The standard InChI is InChI=1S/C9H10BrN5O2/c10-6-4-12-9-13-7(14-15(9)5-6)8(17)11-2-1-3-16/h4-5,16H,1-3H2,(H,11,17). The van der Waals surface area contributed by atoms with Crippen molar-refractivity contribution >= 4 is 27.6 Å². The van der Waals surface area contributed by atoms with E-state index in [0.29, 0.717) is 18.7 Å². The Labute approximate surface area is 105 Å². The molecule has 1 amide bonds. The lowest BCUT2D eigenvalue weighted by atomic mass is 10.4. The van der Waals surface area contributed by atoms with Crippen LogP contribution >= 0.6 is 15.9 Å². The van der Waals surface area contributed by atoms with Gasteiger partial charge in [-0.1, -0.05) is 0 Å². The van der Waals surface area contributed by atoms with Gasteiger partial charge in [-0.05, 0) is 22.4 Å². The number of aromatic nitrogens is 4. The highest BCUT2D eigenvalue weighted by molar-refractivity contribution is 9.10. The number of fused-ring (bicyclic) bond motifs is 1. The molecular weight excluding hydrogens is 290 g/mol. The Balaban J connectivity index is 2.15. The zero-order valence-corrected chi connectivity index (χ0v) is 10.4. The van der Waals surface area contributed by atoms with E-state index in [1.165, 1.54) is 4.52 Å². The van der Waals surface area contributed by atoms with Crippen LogP contribution in [0.15, 0.2) is 16.9 Å². The molecular formula is C9H10BrN5O2. The fourth-order valence-corrected chi connectivity index (χ4v) is 1.51. The Morgan fingerprint density at radius 3 is 3.18 bits per heavy atom. The number of amides is 1. The number of aliphatic hydroxyl groups excluding tert-OH is 1. The summed E-state index contributed by atoms with van der Waals surface area (Å²) in [7, 11) is 0. The third-order valence-electron chi connectivity index (χ3n) is 1.99. The summed E-state index contributed by atoms with van der Waals surface area (Å²) < 4.78 is 2.17. The molecule has 17 heavy (non-hydrogen) atoms. The van der Waals surface area contributed by atoms with E-state index >= 15 is 0 Å². The van der Waals surface area contributed by atoms with Crippen molar-refractivity contribution in [1.82, 2.24) is 24.9 Å². The van der Waals surface area contributed by atoms with Crippen LogP contribution in [0, 0.1) is 0 Å². The molecule has 0 spiro atoms. The normalized spacial score (nSPS) is 10.7. The van der Waals surface area contributed by atoms with Gasteiger partial charge in [0.05, 0.1) is 4.47 Å². The first-order valence-corrected chi connectivity index (χ1v) is 5.77. The fourth-order valence-electron chi connectivity index (χ4n) is 1.22. The minimum Gasteiger partial charge on any atom is -0.396 e. The first-order chi connectivity index (χ1) is 8.20. The van der Waals surface area contributed by atoms with Gasteiger partial charge < -0.3 is 10.4 Å². The van der Waals surface area contributed by atoms with Crippen LogP contribution in [-0.2, 0) is 0 Å². The van der Waals surface area contributed by atoms with Gasteiger partial charge in [0.15, 0.2) is 0 Å². The summed E-state index contributed by atoms with van der Waals surface area (Å²) in [6, 6.07) is 0. The van der Waals surface area contributed by atoms with Gasteiger partial charge in [-0.2, -0.15) is 4.98 Å². The lowest BCUT2D eigenvalue weighted by Crippen LogP contribution is -2.26. The number of rotatable bonds is 4. The topological polar surface area (TPSA) is 92.4 Å². The monoisotopic (exact) mass is 299 g/mol. The van der Waals surface area contributed by atoms with Gasteiger partial charge in [-0.3, -0.25) is 4.79 Å². The predicted octanol–water partition coefficient (Wildman–Crippen LogP) is -0.00100. The molecule has 7 nitrogen and oxygen atoms in total. The second-order valence-electron chi connectivity index (χ2n) is 3.29. The summed E-state index contributed by atoms with van der Waals surface area (Å²) in [6.07, 6.45) is 3.75. The third-order valence-corrected chi connectivity index (χ3v) is 2.40. The molecule has 0 aliphatic heterocycles. The molecule has 8 heteroatoms. The number of hydrogen-bond donors (Lipinski definition) is 2. The van der Waals surface area contributed by atoms with Crippen molar-refractivity contribution in [2.24, 2.45) is 0 Å². The van der Waals surface area contributed by atoms with Crippen LogP contribution < -0.4 is 5.32 Å². The Morgan fingerprint density at radius 1 is 1.59 bits per heavy atom. The summed E-state index contributed by atoms with van der Waals surface area (Å²) in [6.45, 7) is 0.426. The van der Waals surface area contributed by atoms with Crippen molar-refractivity contribution in [2.45, 2.75) is 6.42 Å². The van der Waals surface area contributed by atoms with Crippen LogP contribution in [0.4, 0.5) is 0 Å². The van der Waals surface area contributed by atoms with Crippen molar-refractivity contribution in [3.8, 4) is 0 Å². The fraction of sp³-hybridized carbons (Fsp3) is 0.333. The van der Waals surface area contributed by atoms with Crippen LogP contribution in [0.2, 0.25) is 0 Å². The van der Waals surface area contributed by atoms with Gasteiger partial charge in [-0.25, -0.2) is 9.50 Å². The molecule has 0 saturated carbocycles. The van der Waals surface area contributed by atoms with Gasteiger partial charge in [0, 0.05) is 25.5 Å². The molecule has 0 saturated heterocycles. The van der Waals surface area contributed by atoms with Crippen molar-refractivity contribution in [3.63, 3.8) is 0 Å². The van der Waals surface area contributed by atoms with Gasteiger partial charge in [-0.15, -0.1) is 5.10 Å². The molecule has 2 aromatic rings. The first kappa shape index (κ1) is 11.9.